The molecule has 0 aliphatic carbocycles. The van der Waals surface area contributed by atoms with Crippen molar-refractivity contribution in [3.8, 4) is 0 Å². The van der Waals surface area contributed by atoms with Crippen LogP contribution in [0.25, 0.3) is 0 Å². The summed E-state index contributed by atoms with van der Waals surface area (Å²) < 4.78 is 0. The van der Waals surface area contributed by atoms with Crippen LogP contribution >= 0.6 is 11.8 Å². The van der Waals surface area contributed by atoms with E-state index in [0.29, 0.717) is 11.4 Å². The molecule has 15 heteroatoms. The number of imidazole rings is 1. The zero-order valence-electron chi connectivity index (χ0n) is 17.8. The fourth-order valence-corrected chi connectivity index (χ4v) is 3.09. The van der Waals surface area contributed by atoms with Gasteiger partial charge in [-0.25, -0.2) is 9.78 Å². The molecule has 0 aliphatic heterocycles. The quantitative estimate of drug-likeness (QED) is 0.124. The molecule has 14 nitrogen and oxygen atoms in total. The summed E-state index contributed by atoms with van der Waals surface area (Å²) in [6, 6.07) is -5.44. The van der Waals surface area contributed by atoms with Crippen LogP contribution in [-0.4, -0.2) is 97.7 Å². The van der Waals surface area contributed by atoms with Crippen LogP contribution in [0.5, 0.6) is 0 Å². The minimum atomic E-state index is -1.50. The number of nitrogens with zero attached hydrogens (tertiary/aromatic N) is 1. The van der Waals surface area contributed by atoms with Gasteiger partial charge in [0.1, 0.15) is 18.1 Å². The molecule has 0 bridgehead atoms. The Hall–Kier alpha value is -3.17. The van der Waals surface area contributed by atoms with E-state index in [4.69, 9.17) is 10.8 Å². The molecule has 33 heavy (non-hydrogen) atoms. The second kappa shape index (κ2) is 14.1. The molecule has 0 fully saturated rings. The Morgan fingerprint density at radius 3 is 2.18 bits per heavy atom. The highest BCUT2D eigenvalue weighted by atomic mass is 32.2. The number of aliphatic hydroxyl groups is 1. The topological polar surface area (TPSA) is 237 Å². The van der Waals surface area contributed by atoms with Gasteiger partial charge in [-0.2, -0.15) is 11.8 Å². The van der Waals surface area contributed by atoms with Crippen molar-refractivity contribution in [2.75, 3.05) is 18.6 Å². The summed E-state index contributed by atoms with van der Waals surface area (Å²) in [5, 5.41) is 34.4. The zero-order chi connectivity index (χ0) is 25.0. The molecule has 9 N–H and O–H groups in total. The van der Waals surface area contributed by atoms with Gasteiger partial charge in [-0.05, 0) is 18.4 Å². The first kappa shape index (κ1) is 27.9. The van der Waals surface area contributed by atoms with Crippen molar-refractivity contribution in [1.29, 1.82) is 0 Å². The number of amides is 3. The van der Waals surface area contributed by atoms with Crippen molar-refractivity contribution in [2.45, 2.75) is 43.4 Å². The van der Waals surface area contributed by atoms with Crippen molar-refractivity contribution >= 4 is 41.4 Å². The van der Waals surface area contributed by atoms with Gasteiger partial charge in [-0.15, -0.1) is 0 Å². The number of aliphatic hydroxyl groups excluding tert-OH is 1. The zero-order valence-corrected chi connectivity index (χ0v) is 18.6. The number of carboxylic acids is 2. The fourth-order valence-electron chi connectivity index (χ4n) is 2.62. The van der Waals surface area contributed by atoms with Gasteiger partial charge in [0.15, 0.2) is 0 Å². The SMILES string of the molecule is CSCCC(NC(=O)C(CO)NC(=O)C(Cc1cnc[nH]1)NC(=O)C(N)CC(=O)O)C(=O)O. The molecule has 3 amide bonds. The highest BCUT2D eigenvalue weighted by molar-refractivity contribution is 7.98. The number of hydrogen-bond acceptors (Lipinski definition) is 9. The minimum Gasteiger partial charge on any atom is -0.481 e. The van der Waals surface area contributed by atoms with E-state index in [0.717, 1.165) is 0 Å². The average Bonchev–Trinajstić information content (AvgIpc) is 3.26. The molecule has 0 saturated heterocycles. The van der Waals surface area contributed by atoms with Gasteiger partial charge in [0.05, 0.1) is 25.4 Å². The van der Waals surface area contributed by atoms with Crippen LogP contribution in [0.15, 0.2) is 12.5 Å². The number of aromatic amines is 1. The van der Waals surface area contributed by atoms with E-state index in [1.165, 1.54) is 24.3 Å². The van der Waals surface area contributed by atoms with Crippen molar-refractivity contribution in [1.82, 2.24) is 25.9 Å². The van der Waals surface area contributed by atoms with Crippen LogP contribution in [0.3, 0.4) is 0 Å². The maximum atomic E-state index is 12.8. The maximum absolute atomic E-state index is 12.8. The molecule has 1 aromatic rings. The normalized spacial score (nSPS) is 14.4. The third-order valence-corrected chi connectivity index (χ3v) is 5.03. The Kier molecular flexibility index (Phi) is 11.9. The highest BCUT2D eigenvalue weighted by Gasteiger charge is 2.30. The lowest BCUT2D eigenvalue weighted by Crippen LogP contribution is -2.58. The first-order chi connectivity index (χ1) is 15.6. The molecule has 4 unspecified atom stereocenters. The van der Waals surface area contributed by atoms with E-state index in [1.807, 2.05) is 0 Å². The summed E-state index contributed by atoms with van der Waals surface area (Å²) >= 11 is 1.39. The summed E-state index contributed by atoms with van der Waals surface area (Å²) in [6.45, 7) is -0.838. The van der Waals surface area contributed by atoms with Gasteiger partial charge < -0.3 is 42.0 Å². The fraction of sp³-hybridized carbons (Fsp3) is 0.556. The van der Waals surface area contributed by atoms with E-state index in [9.17, 15) is 34.2 Å². The molecule has 0 spiro atoms. The number of carboxylic acid groups (broad SMARTS) is 2. The first-order valence-corrected chi connectivity index (χ1v) is 11.2. The largest absolute Gasteiger partial charge is 0.481 e. The van der Waals surface area contributed by atoms with E-state index in [1.54, 1.807) is 6.26 Å². The number of hydrogen-bond donors (Lipinski definition) is 8. The number of H-pyrrole nitrogens is 1. The van der Waals surface area contributed by atoms with Gasteiger partial charge in [-0.3, -0.25) is 19.2 Å². The summed E-state index contributed by atoms with van der Waals surface area (Å²) in [5.41, 5.74) is 5.97. The van der Waals surface area contributed by atoms with Crippen LogP contribution in [0, 0.1) is 0 Å². The first-order valence-electron chi connectivity index (χ1n) is 9.77. The molecule has 4 atom stereocenters. The van der Waals surface area contributed by atoms with Gasteiger partial charge in [-0.1, -0.05) is 0 Å². The second-order valence-corrected chi connectivity index (χ2v) is 7.96. The summed E-state index contributed by atoms with van der Waals surface area (Å²) in [7, 11) is 0. The molecular formula is C18H28N6O8S. The number of carbonyl (C=O) groups is 5. The van der Waals surface area contributed by atoms with Gasteiger partial charge >= 0.3 is 11.9 Å². The lowest BCUT2D eigenvalue weighted by atomic mass is 10.1. The number of nitrogens with two attached hydrogens (primary N) is 1. The summed E-state index contributed by atoms with van der Waals surface area (Å²) in [6.07, 6.45) is 3.86. The van der Waals surface area contributed by atoms with Crippen LogP contribution in [0.4, 0.5) is 0 Å². The Morgan fingerprint density at radius 2 is 1.67 bits per heavy atom. The highest BCUT2D eigenvalue weighted by Crippen LogP contribution is 2.04. The van der Waals surface area contributed by atoms with Gasteiger partial charge in [0.25, 0.3) is 0 Å². The standard InChI is InChI=1S/C18H28N6O8S/c1-33-3-2-11(18(31)32)22-17(30)13(7-25)24-16(29)12(4-9-6-20-8-21-9)23-15(28)10(19)5-14(26)27/h6,8,10-13,25H,2-5,7,19H2,1H3,(H,20,21)(H,22,30)(H,23,28)(H,24,29)(H,26,27)(H,31,32). The van der Waals surface area contributed by atoms with Gasteiger partial charge in [0.2, 0.25) is 17.7 Å². The van der Waals surface area contributed by atoms with E-state index in [2.05, 4.69) is 25.9 Å². The molecule has 184 valence electrons. The van der Waals surface area contributed by atoms with Crippen LogP contribution < -0.4 is 21.7 Å². The molecule has 1 rings (SSSR count). The molecule has 0 aliphatic rings. The number of aromatic nitrogens is 2. The van der Waals surface area contributed by atoms with Crippen molar-refractivity contribution in [3.63, 3.8) is 0 Å². The number of aliphatic carboxylic acids is 2. The number of rotatable bonds is 15. The molecule has 0 saturated carbocycles. The number of carbonyl (C=O) groups excluding carboxylic acids is 3. The Morgan fingerprint density at radius 1 is 1.06 bits per heavy atom. The predicted octanol–water partition coefficient (Wildman–Crippen LogP) is -2.96. The molecular weight excluding hydrogens is 460 g/mol. The summed E-state index contributed by atoms with van der Waals surface area (Å²) in [4.78, 5) is 66.1. The second-order valence-electron chi connectivity index (χ2n) is 6.97. The maximum Gasteiger partial charge on any atom is 0.326 e. The Bertz CT molecular complexity index is 821. The van der Waals surface area contributed by atoms with Crippen LogP contribution in [0.2, 0.25) is 0 Å². The molecule has 0 radical (unpaired) electrons. The van der Waals surface area contributed by atoms with Crippen molar-refractivity contribution in [2.24, 2.45) is 5.73 Å². The van der Waals surface area contributed by atoms with E-state index < -0.39 is 66.9 Å². The molecule has 1 aromatic heterocycles. The van der Waals surface area contributed by atoms with Crippen molar-refractivity contribution in [3.05, 3.63) is 18.2 Å². The third kappa shape index (κ3) is 9.88. The lowest BCUT2D eigenvalue weighted by Gasteiger charge is -2.24. The predicted molar refractivity (Wildman–Crippen MR) is 116 cm³/mol. The number of nitrogens with one attached hydrogen (secondary N) is 4. The minimum absolute atomic E-state index is 0.109. The van der Waals surface area contributed by atoms with Crippen molar-refractivity contribution < 1.29 is 39.3 Å². The molecule has 0 aromatic carbocycles. The number of thioether (sulfide) groups is 1. The van der Waals surface area contributed by atoms with Crippen LogP contribution in [0.1, 0.15) is 18.5 Å². The third-order valence-electron chi connectivity index (χ3n) is 4.38. The smallest absolute Gasteiger partial charge is 0.326 e. The monoisotopic (exact) mass is 488 g/mol. The van der Waals surface area contributed by atoms with E-state index >= 15 is 0 Å². The Labute approximate surface area is 193 Å². The lowest BCUT2D eigenvalue weighted by molar-refractivity contribution is -0.142. The molecule has 1 heterocycles. The summed E-state index contributed by atoms with van der Waals surface area (Å²) in [5.74, 6) is -4.83. The van der Waals surface area contributed by atoms with Gasteiger partial charge in [0, 0.05) is 18.3 Å². The van der Waals surface area contributed by atoms with Crippen LogP contribution in [-0.2, 0) is 30.4 Å². The Balaban J connectivity index is 2.91. The average molecular weight is 489 g/mol. The van der Waals surface area contributed by atoms with E-state index in [-0.39, 0.29) is 12.8 Å².